The molecule has 1 heterocycles. The largest absolute Gasteiger partial charge is 0.491 e. The van der Waals surface area contributed by atoms with E-state index in [1.165, 1.54) is 4.90 Å². The highest BCUT2D eigenvalue weighted by atomic mass is 32.1. The number of thiocarbonyl (C=S) groups is 1. The highest BCUT2D eigenvalue weighted by Crippen LogP contribution is 2.30. The smallest absolute Gasteiger partial charge is 0.281 e. The molecule has 0 aromatic heterocycles. The Balaban J connectivity index is 1.49. The summed E-state index contributed by atoms with van der Waals surface area (Å²) in [6.07, 6.45) is 1.78. The summed E-state index contributed by atoms with van der Waals surface area (Å²) < 4.78 is 11.3. The van der Waals surface area contributed by atoms with Gasteiger partial charge in [0.2, 0.25) is 0 Å². The lowest BCUT2D eigenvalue weighted by molar-refractivity contribution is -0.114. The quantitative estimate of drug-likeness (QED) is 0.401. The van der Waals surface area contributed by atoms with Crippen LogP contribution in [0.3, 0.4) is 0 Å². The zero-order valence-electron chi connectivity index (χ0n) is 18.2. The summed E-state index contributed by atoms with van der Waals surface area (Å²) in [6.45, 7) is 0.617. The van der Waals surface area contributed by atoms with Crippen LogP contribution in [0.2, 0.25) is 0 Å². The number of aliphatic hydroxyl groups is 1. The van der Waals surface area contributed by atoms with Crippen LogP contribution in [0.15, 0.2) is 84.6 Å². The number of anilines is 1. The lowest BCUT2D eigenvalue weighted by Gasteiger charge is -2.17. The maximum atomic E-state index is 13.2. The van der Waals surface area contributed by atoms with E-state index in [2.05, 4.69) is 0 Å². The third-order valence-corrected chi connectivity index (χ3v) is 5.58. The molecular weight excluding hydrogens is 436 g/mol. The molecule has 1 amide bonds. The molecule has 4 rings (SSSR count). The van der Waals surface area contributed by atoms with Crippen LogP contribution in [0.25, 0.3) is 6.08 Å². The summed E-state index contributed by atoms with van der Waals surface area (Å²) in [7, 11) is 1.77. The zero-order valence-corrected chi connectivity index (χ0v) is 19.0. The molecule has 7 heteroatoms. The Hall–Kier alpha value is -3.68. The van der Waals surface area contributed by atoms with E-state index < -0.39 is 0 Å². The molecule has 1 aliphatic rings. The maximum absolute atomic E-state index is 13.2. The van der Waals surface area contributed by atoms with Crippen molar-refractivity contribution in [2.75, 3.05) is 25.2 Å². The number of hydrogen-bond acceptors (Lipinski definition) is 5. The van der Waals surface area contributed by atoms with Crippen molar-refractivity contribution in [2.45, 2.75) is 6.61 Å². The van der Waals surface area contributed by atoms with Crippen LogP contribution in [0.1, 0.15) is 11.1 Å². The van der Waals surface area contributed by atoms with Crippen molar-refractivity contribution >= 4 is 35.0 Å². The monoisotopic (exact) mass is 460 g/mol. The Bertz CT molecular complexity index is 1160. The Morgan fingerprint density at radius 1 is 0.939 bits per heavy atom. The minimum absolute atomic E-state index is 0.0636. The van der Waals surface area contributed by atoms with Gasteiger partial charge in [-0.25, -0.2) is 0 Å². The van der Waals surface area contributed by atoms with Crippen LogP contribution in [0.5, 0.6) is 11.5 Å². The van der Waals surface area contributed by atoms with Crippen LogP contribution in [-0.2, 0) is 11.4 Å². The van der Waals surface area contributed by atoms with Gasteiger partial charge in [0, 0.05) is 7.05 Å². The van der Waals surface area contributed by atoms with Gasteiger partial charge in [-0.05, 0) is 65.8 Å². The summed E-state index contributed by atoms with van der Waals surface area (Å²) >= 11 is 5.55. The summed E-state index contributed by atoms with van der Waals surface area (Å²) in [5, 5.41) is 9.35. The number of amides is 1. The normalized spacial score (nSPS) is 14.8. The van der Waals surface area contributed by atoms with Gasteiger partial charge < -0.3 is 19.5 Å². The number of ether oxygens (including phenoxy) is 2. The lowest BCUT2D eigenvalue weighted by Crippen LogP contribution is -2.31. The van der Waals surface area contributed by atoms with E-state index in [9.17, 15) is 4.79 Å². The van der Waals surface area contributed by atoms with E-state index in [1.807, 2.05) is 72.8 Å². The Kier molecular flexibility index (Phi) is 7.02. The molecule has 0 atom stereocenters. The summed E-state index contributed by atoms with van der Waals surface area (Å²) in [4.78, 5) is 16.4. The standard InChI is InChI=1S/C26H24N2O4S/c1-27-24(17-20-8-5-9-23(16-20)31-15-14-29)25(30)28(26(27)33)21-10-12-22(13-11-21)32-18-19-6-3-2-4-7-19/h2-13,16-17,29H,14-15,18H2,1H3/b24-17+. The summed E-state index contributed by atoms with van der Waals surface area (Å²) in [6, 6.07) is 24.6. The zero-order chi connectivity index (χ0) is 23.2. The fourth-order valence-corrected chi connectivity index (χ4v) is 3.72. The van der Waals surface area contributed by atoms with Crippen molar-refractivity contribution in [3.05, 3.63) is 95.7 Å². The molecule has 0 radical (unpaired) electrons. The van der Waals surface area contributed by atoms with E-state index in [-0.39, 0.29) is 19.1 Å². The number of nitrogens with zero attached hydrogens (tertiary/aromatic N) is 2. The second-order valence-corrected chi connectivity index (χ2v) is 7.79. The van der Waals surface area contributed by atoms with E-state index in [1.54, 1.807) is 24.1 Å². The molecule has 0 saturated carbocycles. The van der Waals surface area contributed by atoms with Crippen molar-refractivity contribution in [3.63, 3.8) is 0 Å². The first-order valence-corrected chi connectivity index (χ1v) is 10.9. The van der Waals surface area contributed by atoms with Crippen LogP contribution >= 0.6 is 12.2 Å². The van der Waals surface area contributed by atoms with Gasteiger partial charge in [-0.15, -0.1) is 0 Å². The number of benzene rings is 3. The van der Waals surface area contributed by atoms with E-state index in [0.29, 0.717) is 34.6 Å². The molecule has 0 aliphatic carbocycles. The maximum Gasteiger partial charge on any atom is 0.281 e. The molecule has 1 aliphatic heterocycles. The average molecular weight is 461 g/mol. The number of rotatable bonds is 8. The predicted octanol–water partition coefficient (Wildman–Crippen LogP) is 4.24. The highest BCUT2D eigenvalue weighted by Gasteiger charge is 2.36. The summed E-state index contributed by atoms with van der Waals surface area (Å²) in [5.41, 5.74) is 3.02. The predicted molar refractivity (Wildman–Crippen MR) is 132 cm³/mol. The van der Waals surface area contributed by atoms with Crippen molar-refractivity contribution in [1.29, 1.82) is 0 Å². The third-order valence-electron chi connectivity index (χ3n) is 5.13. The van der Waals surface area contributed by atoms with Crippen LogP contribution < -0.4 is 14.4 Å². The van der Waals surface area contributed by atoms with Gasteiger partial charge in [-0.2, -0.15) is 0 Å². The number of hydrogen-bond donors (Lipinski definition) is 1. The fourth-order valence-electron chi connectivity index (χ4n) is 3.43. The van der Waals surface area contributed by atoms with E-state index in [0.717, 1.165) is 11.1 Å². The van der Waals surface area contributed by atoms with Crippen molar-refractivity contribution < 1.29 is 19.4 Å². The fraction of sp³-hybridized carbons (Fsp3) is 0.154. The minimum atomic E-state index is -0.206. The number of likely N-dealkylation sites (N-methyl/N-ethyl adjacent to an activating group) is 1. The van der Waals surface area contributed by atoms with E-state index in [4.69, 9.17) is 26.8 Å². The topological polar surface area (TPSA) is 62.2 Å². The molecule has 1 N–H and O–H groups in total. The van der Waals surface area contributed by atoms with Gasteiger partial charge in [0.1, 0.15) is 30.4 Å². The van der Waals surface area contributed by atoms with Crippen molar-refractivity contribution in [1.82, 2.24) is 4.90 Å². The molecule has 1 saturated heterocycles. The molecule has 33 heavy (non-hydrogen) atoms. The van der Waals surface area contributed by atoms with Crippen LogP contribution in [0.4, 0.5) is 5.69 Å². The first kappa shape index (κ1) is 22.5. The van der Waals surface area contributed by atoms with Gasteiger partial charge in [-0.3, -0.25) is 9.69 Å². The second kappa shape index (κ2) is 10.3. The molecule has 3 aromatic rings. The number of aliphatic hydroxyl groups excluding tert-OH is 1. The minimum Gasteiger partial charge on any atom is -0.491 e. The Labute approximate surface area is 198 Å². The van der Waals surface area contributed by atoms with Gasteiger partial charge in [0.25, 0.3) is 5.91 Å². The van der Waals surface area contributed by atoms with E-state index >= 15 is 0 Å². The molecule has 0 spiro atoms. The third kappa shape index (κ3) is 5.22. The number of carbonyl (C=O) groups is 1. The molecule has 1 fully saturated rings. The first-order valence-electron chi connectivity index (χ1n) is 10.5. The Morgan fingerprint density at radius 3 is 2.42 bits per heavy atom. The molecular formula is C26H24N2O4S. The molecule has 3 aromatic carbocycles. The van der Waals surface area contributed by atoms with Crippen molar-refractivity contribution in [3.8, 4) is 11.5 Å². The van der Waals surface area contributed by atoms with Crippen LogP contribution in [-0.4, -0.2) is 41.3 Å². The molecule has 0 unspecified atom stereocenters. The SMILES string of the molecule is CN1C(=S)N(c2ccc(OCc3ccccc3)cc2)C(=O)/C1=C\c1cccc(OCCO)c1. The van der Waals surface area contributed by atoms with Gasteiger partial charge in [0.15, 0.2) is 5.11 Å². The molecule has 6 nitrogen and oxygen atoms in total. The Morgan fingerprint density at radius 2 is 1.70 bits per heavy atom. The lowest BCUT2D eigenvalue weighted by atomic mass is 10.1. The second-order valence-electron chi connectivity index (χ2n) is 7.42. The van der Waals surface area contributed by atoms with Gasteiger partial charge >= 0.3 is 0 Å². The van der Waals surface area contributed by atoms with Crippen molar-refractivity contribution in [2.24, 2.45) is 0 Å². The molecule has 0 bridgehead atoms. The van der Waals surface area contributed by atoms with Gasteiger partial charge in [-0.1, -0.05) is 42.5 Å². The van der Waals surface area contributed by atoms with Gasteiger partial charge in [0.05, 0.1) is 12.3 Å². The highest BCUT2D eigenvalue weighted by molar-refractivity contribution is 7.80. The first-order chi connectivity index (χ1) is 16.1. The molecule has 168 valence electrons. The number of carbonyl (C=O) groups excluding carboxylic acids is 1. The average Bonchev–Trinajstić information content (AvgIpc) is 3.06. The summed E-state index contributed by atoms with van der Waals surface area (Å²) in [5.74, 6) is 1.13. The van der Waals surface area contributed by atoms with Crippen LogP contribution in [0, 0.1) is 0 Å².